The van der Waals surface area contributed by atoms with Crippen molar-refractivity contribution in [3.05, 3.63) is 6.33 Å². The predicted octanol–water partition coefficient (Wildman–Crippen LogP) is 0.844. The lowest BCUT2D eigenvalue weighted by atomic mass is 10.7. The summed E-state index contributed by atoms with van der Waals surface area (Å²) < 4.78 is 3.82. The summed E-state index contributed by atoms with van der Waals surface area (Å²) in [5, 5.41) is 7.14. The smallest absolute Gasteiger partial charge is 0.208 e. The first kappa shape index (κ1) is 8.35. The Balaban J connectivity index is 2.37. The molecule has 0 unspecified atom stereocenters. The van der Waals surface area contributed by atoms with Crippen molar-refractivity contribution in [2.45, 2.75) is 6.92 Å². The maximum absolute atomic E-state index is 4.92. The van der Waals surface area contributed by atoms with Gasteiger partial charge in [0.2, 0.25) is 5.13 Å². The lowest BCUT2D eigenvalue weighted by molar-refractivity contribution is 0.979. The molecule has 0 fully saturated rings. The van der Waals surface area contributed by atoms with E-state index in [0.29, 0.717) is 5.11 Å². The first-order valence-corrected chi connectivity index (χ1v) is 4.32. The van der Waals surface area contributed by atoms with E-state index >= 15 is 0 Å². The molecule has 0 aromatic carbocycles. The topological polar surface area (TPSA) is 49.8 Å². The monoisotopic (exact) mass is 188 g/mol. The van der Waals surface area contributed by atoms with Gasteiger partial charge in [0, 0.05) is 18.1 Å². The molecule has 6 heteroatoms. The Morgan fingerprint density at radius 1 is 1.82 bits per heavy atom. The summed E-state index contributed by atoms with van der Waals surface area (Å²) in [5.74, 6) is 0. The second-order valence-corrected chi connectivity index (χ2v) is 2.92. The van der Waals surface area contributed by atoms with Gasteiger partial charge in [0.05, 0.1) is 0 Å². The Bertz CT molecular complexity index is 220. The molecule has 0 aliphatic carbocycles. The van der Waals surface area contributed by atoms with Gasteiger partial charge in [-0.3, -0.25) is 0 Å². The fourth-order valence-corrected chi connectivity index (χ4v) is 1.27. The average molecular weight is 188 g/mol. The summed E-state index contributed by atoms with van der Waals surface area (Å²) in [6.07, 6.45) is 1.49. The highest BCUT2D eigenvalue weighted by Gasteiger charge is 1.96. The van der Waals surface area contributed by atoms with E-state index in [1.54, 1.807) is 0 Å². The number of nitrogens with zero attached hydrogens (tertiary/aromatic N) is 2. The van der Waals surface area contributed by atoms with Crippen LogP contribution in [0.4, 0.5) is 5.13 Å². The lowest BCUT2D eigenvalue weighted by Crippen LogP contribution is -2.27. The summed E-state index contributed by atoms with van der Waals surface area (Å²) >= 11 is 6.20. The van der Waals surface area contributed by atoms with E-state index in [9.17, 15) is 0 Å². The van der Waals surface area contributed by atoms with Crippen molar-refractivity contribution < 1.29 is 0 Å². The molecule has 1 rings (SSSR count). The van der Waals surface area contributed by atoms with Crippen LogP contribution < -0.4 is 10.6 Å². The number of hydrogen-bond donors (Lipinski definition) is 2. The minimum atomic E-state index is 0.587. The standard InChI is InChI=1S/C5H8N4S2/c1-2-6-4(10)9-5-7-3-8-11-5/h3H,2H2,1H3,(H2,6,7,8,9,10). The Hall–Kier alpha value is -0.750. The van der Waals surface area contributed by atoms with Gasteiger partial charge in [-0.25, -0.2) is 4.98 Å². The fraction of sp³-hybridized carbons (Fsp3) is 0.400. The van der Waals surface area contributed by atoms with Crippen LogP contribution >= 0.6 is 23.8 Å². The summed E-state index contributed by atoms with van der Waals surface area (Å²) in [5.41, 5.74) is 0. The Labute approximate surface area is 74.2 Å². The van der Waals surface area contributed by atoms with E-state index in [4.69, 9.17) is 12.2 Å². The molecular formula is C5H8N4S2. The summed E-state index contributed by atoms with van der Waals surface area (Å²) in [4.78, 5) is 3.91. The normalized spacial score (nSPS) is 9.18. The van der Waals surface area contributed by atoms with Crippen LogP contribution in [0.1, 0.15) is 6.92 Å². The van der Waals surface area contributed by atoms with Crippen LogP contribution in [0.15, 0.2) is 6.33 Å². The van der Waals surface area contributed by atoms with Crippen LogP contribution in [0.3, 0.4) is 0 Å². The van der Waals surface area contributed by atoms with Crippen molar-refractivity contribution in [3.63, 3.8) is 0 Å². The van der Waals surface area contributed by atoms with Crippen molar-refractivity contribution in [1.29, 1.82) is 0 Å². The van der Waals surface area contributed by atoms with Crippen molar-refractivity contribution in [3.8, 4) is 0 Å². The van der Waals surface area contributed by atoms with E-state index in [-0.39, 0.29) is 0 Å². The molecule has 0 aliphatic heterocycles. The highest BCUT2D eigenvalue weighted by molar-refractivity contribution is 7.80. The van der Waals surface area contributed by atoms with Gasteiger partial charge in [-0.2, -0.15) is 4.37 Å². The second kappa shape index (κ2) is 4.20. The van der Waals surface area contributed by atoms with Gasteiger partial charge in [-0.15, -0.1) is 0 Å². The van der Waals surface area contributed by atoms with Crippen LogP contribution in [0.5, 0.6) is 0 Å². The first-order chi connectivity index (χ1) is 5.33. The fourth-order valence-electron chi connectivity index (χ4n) is 0.530. The highest BCUT2D eigenvalue weighted by Crippen LogP contribution is 2.05. The molecule has 0 aliphatic rings. The minimum Gasteiger partial charge on any atom is -0.363 e. The van der Waals surface area contributed by atoms with Crippen molar-refractivity contribution >= 4 is 34.0 Å². The number of anilines is 1. The summed E-state index contributed by atoms with van der Waals surface area (Å²) in [7, 11) is 0. The van der Waals surface area contributed by atoms with Crippen LogP contribution in [0.2, 0.25) is 0 Å². The van der Waals surface area contributed by atoms with Crippen LogP contribution in [0, 0.1) is 0 Å². The maximum atomic E-state index is 4.92. The number of hydrogen-bond acceptors (Lipinski definition) is 4. The molecule has 0 saturated heterocycles. The van der Waals surface area contributed by atoms with Gasteiger partial charge in [0.25, 0.3) is 0 Å². The van der Waals surface area contributed by atoms with E-state index in [1.165, 1.54) is 17.9 Å². The molecule has 0 atom stereocenters. The maximum Gasteiger partial charge on any atom is 0.208 e. The van der Waals surface area contributed by atoms with Gasteiger partial charge < -0.3 is 10.6 Å². The molecule has 0 saturated carbocycles. The molecule has 0 spiro atoms. The van der Waals surface area contributed by atoms with Crippen LogP contribution in [-0.2, 0) is 0 Å². The zero-order valence-electron chi connectivity index (χ0n) is 6.00. The third kappa shape index (κ3) is 2.77. The average Bonchev–Trinajstić information content (AvgIpc) is 2.40. The third-order valence-electron chi connectivity index (χ3n) is 0.919. The van der Waals surface area contributed by atoms with Gasteiger partial charge in [-0.1, -0.05) is 0 Å². The highest BCUT2D eigenvalue weighted by atomic mass is 32.1. The molecule has 4 nitrogen and oxygen atoms in total. The summed E-state index contributed by atoms with van der Waals surface area (Å²) in [6, 6.07) is 0. The second-order valence-electron chi connectivity index (χ2n) is 1.73. The van der Waals surface area contributed by atoms with E-state index in [1.807, 2.05) is 6.92 Å². The van der Waals surface area contributed by atoms with Gasteiger partial charge in [-0.05, 0) is 19.1 Å². The van der Waals surface area contributed by atoms with E-state index in [2.05, 4.69) is 20.0 Å². The van der Waals surface area contributed by atoms with E-state index in [0.717, 1.165) is 11.7 Å². The molecular weight excluding hydrogens is 180 g/mol. The SMILES string of the molecule is CCNC(=S)Nc1ncns1. The first-order valence-electron chi connectivity index (χ1n) is 3.14. The molecule has 60 valence electrons. The molecule has 0 radical (unpaired) electrons. The Morgan fingerprint density at radius 2 is 2.64 bits per heavy atom. The molecule has 1 heterocycles. The Kier molecular flexibility index (Phi) is 3.18. The minimum absolute atomic E-state index is 0.587. The number of thiocarbonyl (C=S) groups is 1. The molecule has 1 aromatic heterocycles. The molecule has 1 aromatic rings. The molecule has 11 heavy (non-hydrogen) atoms. The van der Waals surface area contributed by atoms with E-state index < -0.39 is 0 Å². The zero-order valence-corrected chi connectivity index (χ0v) is 7.63. The molecule has 0 amide bonds. The quantitative estimate of drug-likeness (QED) is 0.674. The number of aromatic nitrogens is 2. The van der Waals surface area contributed by atoms with Crippen molar-refractivity contribution in [2.24, 2.45) is 0 Å². The van der Waals surface area contributed by atoms with Crippen LogP contribution in [0.25, 0.3) is 0 Å². The zero-order chi connectivity index (χ0) is 8.10. The van der Waals surface area contributed by atoms with Crippen LogP contribution in [-0.4, -0.2) is 21.0 Å². The molecule has 2 N–H and O–H groups in total. The Morgan fingerprint density at radius 3 is 3.18 bits per heavy atom. The molecule has 0 bridgehead atoms. The number of nitrogens with one attached hydrogen (secondary N) is 2. The largest absolute Gasteiger partial charge is 0.363 e. The van der Waals surface area contributed by atoms with Gasteiger partial charge >= 0.3 is 0 Å². The van der Waals surface area contributed by atoms with Crippen molar-refractivity contribution in [2.75, 3.05) is 11.9 Å². The van der Waals surface area contributed by atoms with Crippen molar-refractivity contribution in [1.82, 2.24) is 14.7 Å². The third-order valence-corrected chi connectivity index (χ3v) is 1.75. The van der Waals surface area contributed by atoms with Gasteiger partial charge in [0.1, 0.15) is 6.33 Å². The lowest BCUT2D eigenvalue weighted by Gasteiger charge is -2.03. The number of rotatable bonds is 2. The van der Waals surface area contributed by atoms with Gasteiger partial charge in [0.15, 0.2) is 5.11 Å². The predicted molar refractivity (Wildman–Crippen MR) is 49.8 cm³/mol. The summed E-state index contributed by atoms with van der Waals surface area (Å²) in [6.45, 7) is 2.79.